The molecule has 1 heterocycles. The number of aromatic hydroxyl groups is 5. The van der Waals surface area contributed by atoms with E-state index in [1.54, 1.807) is 13.2 Å². The molecular formula is C20H18N4O8S2. The lowest BCUT2D eigenvalue weighted by Crippen LogP contribution is -2.43. The topological polar surface area (TPSA) is 211 Å². The zero-order valence-corrected chi connectivity index (χ0v) is 19.1. The van der Waals surface area contributed by atoms with Gasteiger partial charge in [-0.1, -0.05) is 11.9 Å². The number of nitrogens with one attached hydrogen (secondary N) is 1. The quantitative estimate of drug-likeness (QED) is 0.104. The van der Waals surface area contributed by atoms with Crippen LogP contribution in [0.4, 0.5) is 10.8 Å². The highest BCUT2D eigenvalue weighted by atomic mass is 32.2. The van der Waals surface area contributed by atoms with Gasteiger partial charge in [0.1, 0.15) is 11.3 Å². The Labute approximate surface area is 200 Å². The van der Waals surface area contributed by atoms with Gasteiger partial charge in [0, 0.05) is 16.8 Å². The van der Waals surface area contributed by atoms with Crippen molar-refractivity contribution < 1.29 is 40.5 Å². The number of carbonyl (C=O) groups is 1. The number of rotatable bonds is 6. The summed E-state index contributed by atoms with van der Waals surface area (Å²) >= 11 is 1.87. The van der Waals surface area contributed by atoms with Crippen LogP contribution in [0, 0.1) is 18.3 Å². The summed E-state index contributed by atoms with van der Waals surface area (Å²) < 4.78 is 2.49. The third-order valence-corrected chi connectivity index (χ3v) is 6.00. The van der Waals surface area contributed by atoms with Gasteiger partial charge in [0.25, 0.3) is 11.8 Å². The Hall–Kier alpha value is -3.90. The van der Waals surface area contributed by atoms with Gasteiger partial charge in [-0.15, -0.1) is 11.3 Å². The van der Waals surface area contributed by atoms with E-state index in [0.29, 0.717) is 9.78 Å². The number of aliphatic hydroxyl groups is 2. The van der Waals surface area contributed by atoms with Crippen molar-refractivity contribution in [2.75, 3.05) is 11.2 Å². The molecule has 0 radical (unpaired) electrons. The predicted octanol–water partition coefficient (Wildman–Crippen LogP) is 1.79. The van der Waals surface area contributed by atoms with Crippen molar-refractivity contribution in [1.82, 2.24) is 9.71 Å². The number of phenolic OH excluding ortho intramolecular Hbond substituents is 5. The molecule has 178 valence electrons. The summed E-state index contributed by atoms with van der Waals surface area (Å²) in [6.07, 6.45) is 1.62. The van der Waals surface area contributed by atoms with Crippen LogP contribution in [-0.2, 0) is 5.91 Å². The largest absolute Gasteiger partial charge is 0.504 e. The van der Waals surface area contributed by atoms with E-state index in [4.69, 9.17) is 5.26 Å². The monoisotopic (exact) mass is 506 g/mol. The molecule has 1 aromatic heterocycles. The van der Waals surface area contributed by atoms with Crippen molar-refractivity contribution >= 4 is 40.0 Å². The number of amides is 1. The number of benzene rings is 2. The number of thiazole rings is 1. The second-order valence-electron chi connectivity index (χ2n) is 6.78. The Balaban J connectivity index is 2.30. The number of carbonyl (C=O) groups excluding carboxylic acids is 1. The van der Waals surface area contributed by atoms with Crippen molar-refractivity contribution in [3.05, 3.63) is 46.0 Å². The molecule has 0 unspecified atom stereocenters. The Morgan fingerprint density at radius 2 is 1.59 bits per heavy atom. The smallest absolute Gasteiger partial charge is 0.289 e. The maximum Gasteiger partial charge on any atom is 0.289 e. The van der Waals surface area contributed by atoms with Crippen molar-refractivity contribution in [3.8, 4) is 34.8 Å². The lowest BCUT2D eigenvalue weighted by Gasteiger charge is -2.36. The summed E-state index contributed by atoms with van der Waals surface area (Å²) in [6, 6.07) is 7.17. The van der Waals surface area contributed by atoms with Gasteiger partial charge in [-0.3, -0.25) is 14.4 Å². The van der Waals surface area contributed by atoms with Crippen molar-refractivity contribution in [2.24, 2.45) is 0 Å². The molecule has 0 aliphatic carbocycles. The highest BCUT2D eigenvalue weighted by molar-refractivity contribution is 7.97. The summed E-state index contributed by atoms with van der Waals surface area (Å²) in [7, 11) is 0. The van der Waals surface area contributed by atoms with Crippen LogP contribution in [0.15, 0.2) is 24.3 Å². The molecular weight excluding hydrogens is 488 g/mol. The van der Waals surface area contributed by atoms with Gasteiger partial charge in [-0.05, 0) is 31.2 Å². The number of anilines is 2. The first kappa shape index (κ1) is 24.7. The number of hydrogen-bond acceptors (Lipinski definition) is 13. The van der Waals surface area contributed by atoms with E-state index < -0.39 is 46.1 Å². The molecule has 0 fully saturated rings. The van der Waals surface area contributed by atoms with Gasteiger partial charge in [-0.25, -0.2) is 4.98 Å². The molecule has 12 nitrogen and oxygen atoms in total. The summed E-state index contributed by atoms with van der Waals surface area (Å²) in [5.74, 6) is -10.6. The Bertz CT molecular complexity index is 1270. The van der Waals surface area contributed by atoms with Gasteiger partial charge >= 0.3 is 0 Å². The molecule has 0 saturated carbocycles. The Kier molecular flexibility index (Phi) is 6.66. The molecule has 0 saturated heterocycles. The van der Waals surface area contributed by atoms with Crippen LogP contribution in [0.1, 0.15) is 26.5 Å². The van der Waals surface area contributed by atoms with Crippen LogP contribution in [0.25, 0.3) is 0 Å². The number of phenols is 5. The summed E-state index contributed by atoms with van der Waals surface area (Å²) in [5, 5.41) is 81.3. The van der Waals surface area contributed by atoms with E-state index in [1.165, 1.54) is 24.3 Å². The number of nitrogens with zero attached hydrogens (tertiary/aromatic N) is 3. The van der Waals surface area contributed by atoms with Crippen molar-refractivity contribution in [1.29, 1.82) is 5.26 Å². The molecule has 1 amide bonds. The first-order valence-corrected chi connectivity index (χ1v) is 11.2. The fraction of sp³-hybridized carbons (Fsp3) is 0.150. The van der Waals surface area contributed by atoms with Gasteiger partial charge in [0.2, 0.25) is 17.2 Å². The first-order valence-electron chi connectivity index (χ1n) is 9.20. The second kappa shape index (κ2) is 9.15. The Morgan fingerprint density at radius 1 is 1.06 bits per heavy atom. The predicted molar refractivity (Wildman–Crippen MR) is 122 cm³/mol. The number of nitriles is 1. The number of aromatic nitrogens is 1. The molecule has 2 aromatic carbocycles. The molecule has 0 aliphatic rings. The third kappa shape index (κ3) is 4.08. The van der Waals surface area contributed by atoms with Gasteiger partial charge in [0.15, 0.2) is 16.6 Å². The maximum atomic E-state index is 12.3. The maximum absolute atomic E-state index is 12.3. The fourth-order valence-electron chi connectivity index (χ4n) is 3.05. The van der Waals surface area contributed by atoms with Crippen molar-refractivity contribution in [3.63, 3.8) is 0 Å². The Morgan fingerprint density at radius 3 is 2.09 bits per heavy atom. The molecule has 0 atom stereocenters. The lowest BCUT2D eigenvalue weighted by molar-refractivity contribution is -0.164. The first-order chi connectivity index (χ1) is 15.9. The third-order valence-electron chi connectivity index (χ3n) is 4.66. The zero-order chi connectivity index (χ0) is 25.4. The van der Waals surface area contributed by atoms with E-state index in [0.717, 1.165) is 23.3 Å². The minimum Gasteiger partial charge on any atom is -0.504 e. The summed E-state index contributed by atoms with van der Waals surface area (Å²) in [4.78, 5) is 17.6. The summed E-state index contributed by atoms with van der Waals surface area (Å²) in [5.41, 5.74) is -1.03. The highest BCUT2D eigenvalue weighted by Gasteiger charge is 2.45. The standard InChI is InChI=1S/C20H18N4O8S2/c1-8-12(18(30)23-33-2)22-19(34-8)24(10-5-3-9(7-21)4-6-10)20(31,32)11-13(25)15(27)17(29)16(28)14(11)26/h3-6,25-29,31-32H,1-2H3,(H,23,30). The van der Waals surface area contributed by atoms with E-state index in [2.05, 4.69) is 9.71 Å². The van der Waals surface area contributed by atoms with Crippen LogP contribution >= 0.6 is 23.3 Å². The minimum absolute atomic E-state index is 0.0274. The molecule has 34 heavy (non-hydrogen) atoms. The molecule has 3 aromatic rings. The normalized spacial score (nSPS) is 11.1. The SMILES string of the molecule is CSNC(=O)c1nc(N(c2ccc(C#N)cc2)C(O)(O)c2c(O)c(O)c(O)c(O)c2O)sc1C. The van der Waals surface area contributed by atoms with Crippen LogP contribution in [0.3, 0.4) is 0 Å². The molecule has 0 aliphatic heterocycles. The van der Waals surface area contributed by atoms with E-state index in [1.807, 2.05) is 6.07 Å². The molecule has 0 bridgehead atoms. The summed E-state index contributed by atoms with van der Waals surface area (Å²) in [6.45, 7) is 1.55. The van der Waals surface area contributed by atoms with Gasteiger partial charge in [-0.2, -0.15) is 5.26 Å². The molecule has 14 heteroatoms. The minimum atomic E-state index is -3.41. The van der Waals surface area contributed by atoms with Crippen LogP contribution in [-0.4, -0.2) is 52.9 Å². The number of aryl methyl sites for hydroxylation is 1. The van der Waals surface area contributed by atoms with Gasteiger partial charge in [0.05, 0.1) is 11.6 Å². The van der Waals surface area contributed by atoms with E-state index in [9.17, 15) is 40.5 Å². The van der Waals surface area contributed by atoms with E-state index >= 15 is 0 Å². The molecule has 8 N–H and O–H groups in total. The van der Waals surface area contributed by atoms with Crippen LogP contribution in [0.5, 0.6) is 28.7 Å². The van der Waals surface area contributed by atoms with Gasteiger partial charge < -0.3 is 35.7 Å². The highest BCUT2D eigenvalue weighted by Crippen LogP contribution is 2.55. The number of hydrogen-bond donors (Lipinski definition) is 8. The molecule has 3 rings (SSSR count). The zero-order valence-electron chi connectivity index (χ0n) is 17.5. The van der Waals surface area contributed by atoms with Crippen LogP contribution < -0.4 is 9.62 Å². The second-order valence-corrected chi connectivity index (χ2v) is 8.58. The van der Waals surface area contributed by atoms with Crippen molar-refractivity contribution in [2.45, 2.75) is 12.8 Å². The average Bonchev–Trinajstić information content (AvgIpc) is 3.17. The molecule has 0 spiro atoms. The average molecular weight is 507 g/mol. The van der Waals surface area contributed by atoms with E-state index in [-0.39, 0.29) is 22.1 Å². The fourth-order valence-corrected chi connectivity index (χ4v) is 4.31. The van der Waals surface area contributed by atoms with Crippen LogP contribution in [0.2, 0.25) is 0 Å². The lowest BCUT2D eigenvalue weighted by atomic mass is 10.0.